The third-order valence-electron chi connectivity index (χ3n) is 3.36. The van der Waals surface area contributed by atoms with E-state index in [1.54, 1.807) is 36.9 Å². The van der Waals surface area contributed by atoms with Gasteiger partial charge in [0, 0.05) is 16.9 Å². The minimum absolute atomic E-state index is 0.0258. The number of amides is 1. The number of fused-ring (bicyclic) bond motifs is 1. The van der Waals surface area contributed by atoms with E-state index in [9.17, 15) is 9.18 Å². The lowest BCUT2D eigenvalue weighted by atomic mass is 10.1. The molecule has 0 atom stereocenters. The summed E-state index contributed by atoms with van der Waals surface area (Å²) in [7, 11) is 0. The Balaban J connectivity index is 2.25. The van der Waals surface area contributed by atoms with Gasteiger partial charge in [-0.25, -0.2) is 14.3 Å². The highest BCUT2D eigenvalue weighted by Crippen LogP contribution is 2.43. The van der Waals surface area contributed by atoms with Crippen molar-refractivity contribution < 1.29 is 9.18 Å². The quantitative estimate of drug-likeness (QED) is 0.776. The van der Waals surface area contributed by atoms with E-state index in [4.69, 9.17) is 11.6 Å². The van der Waals surface area contributed by atoms with Gasteiger partial charge in [0.2, 0.25) is 5.95 Å². The van der Waals surface area contributed by atoms with Crippen LogP contribution in [0.25, 0.3) is 0 Å². The molecule has 1 aliphatic rings. The molecule has 2 aromatic rings. The van der Waals surface area contributed by atoms with Gasteiger partial charge in [0.25, 0.3) is 5.91 Å². The maximum absolute atomic E-state index is 14.2. The van der Waals surface area contributed by atoms with Gasteiger partial charge in [-0.2, -0.15) is 0 Å². The van der Waals surface area contributed by atoms with Gasteiger partial charge in [-0.1, -0.05) is 27.5 Å². The molecule has 1 aromatic carbocycles. The molecule has 7 heteroatoms. The van der Waals surface area contributed by atoms with Crippen LogP contribution in [0.1, 0.15) is 13.8 Å². The third kappa shape index (κ3) is 1.71. The van der Waals surface area contributed by atoms with Crippen molar-refractivity contribution in [1.29, 1.82) is 0 Å². The van der Waals surface area contributed by atoms with E-state index in [0.29, 0.717) is 10.4 Å². The minimum Gasteiger partial charge on any atom is -0.302 e. The lowest BCUT2D eigenvalue weighted by Gasteiger charge is -2.20. The minimum atomic E-state index is -0.825. The number of carbonyl (C=O) groups is 1. The number of hydrogen-bond acceptors (Lipinski definition) is 2. The molecule has 1 amide bonds. The largest absolute Gasteiger partial charge is 0.302 e. The van der Waals surface area contributed by atoms with Crippen molar-refractivity contribution in [2.24, 2.45) is 0 Å². The number of benzene rings is 1. The first-order chi connectivity index (χ1) is 9.34. The SMILES string of the molecule is CC1(C)C(=O)N(c2c(F)cc(Br)cc2Cl)c2nccn21. The average molecular weight is 359 g/mol. The fourth-order valence-electron chi connectivity index (χ4n) is 2.31. The molecule has 1 aliphatic heterocycles. The topological polar surface area (TPSA) is 38.1 Å². The third-order valence-corrected chi connectivity index (χ3v) is 4.10. The fourth-order valence-corrected chi connectivity index (χ4v) is 3.17. The van der Waals surface area contributed by atoms with Gasteiger partial charge in [0.15, 0.2) is 0 Å². The molecule has 2 heterocycles. The Kier molecular flexibility index (Phi) is 2.92. The highest BCUT2D eigenvalue weighted by Gasteiger charge is 2.46. The molecule has 0 saturated heterocycles. The van der Waals surface area contributed by atoms with E-state index in [1.165, 1.54) is 11.0 Å². The second-order valence-electron chi connectivity index (χ2n) is 5.01. The van der Waals surface area contributed by atoms with E-state index in [0.717, 1.165) is 0 Å². The van der Waals surface area contributed by atoms with Gasteiger partial charge in [0.1, 0.15) is 17.0 Å². The molecule has 0 fully saturated rings. The maximum Gasteiger partial charge on any atom is 0.259 e. The summed E-state index contributed by atoms with van der Waals surface area (Å²) in [6, 6.07) is 2.82. The van der Waals surface area contributed by atoms with Gasteiger partial charge in [0.05, 0.1) is 5.02 Å². The lowest BCUT2D eigenvalue weighted by molar-refractivity contribution is -0.123. The summed E-state index contributed by atoms with van der Waals surface area (Å²) < 4.78 is 16.5. The van der Waals surface area contributed by atoms with Crippen LogP contribution in [0.5, 0.6) is 0 Å². The zero-order valence-corrected chi connectivity index (χ0v) is 13.0. The molecule has 0 aliphatic carbocycles. The lowest BCUT2D eigenvalue weighted by Crippen LogP contribution is -2.36. The van der Waals surface area contributed by atoms with Gasteiger partial charge >= 0.3 is 0 Å². The van der Waals surface area contributed by atoms with E-state index in [-0.39, 0.29) is 16.6 Å². The Labute approximate surface area is 128 Å². The van der Waals surface area contributed by atoms with Crippen LogP contribution in [0.15, 0.2) is 29.0 Å². The van der Waals surface area contributed by atoms with Crippen molar-refractivity contribution in [1.82, 2.24) is 9.55 Å². The maximum atomic E-state index is 14.2. The number of imidazole rings is 1. The zero-order valence-electron chi connectivity index (χ0n) is 10.7. The van der Waals surface area contributed by atoms with Gasteiger partial charge in [-0.05, 0) is 26.0 Å². The van der Waals surface area contributed by atoms with Crippen LogP contribution in [0.4, 0.5) is 16.0 Å². The normalized spacial score (nSPS) is 16.6. The average Bonchev–Trinajstić information content (AvgIpc) is 2.87. The van der Waals surface area contributed by atoms with Crippen LogP contribution >= 0.6 is 27.5 Å². The van der Waals surface area contributed by atoms with Crippen LogP contribution in [0.2, 0.25) is 5.02 Å². The van der Waals surface area contributed by atoms with Gasteiger partial charge in [-0.3, -0.25) is 4.79 Å². The summed E-state index contributed by atoms with van der Waals surface area (Å²) in [6.45, 7) is 3.51. The molecule has 3 rings (SSSR count). The predicted octanol–water partition coefficient (Wildman–Crippen LogP) is 3.85. The molecule has 0 bridgehead atoms. The summed E-state index contributed by atoms with van der Waals surface area (Å²) >= 11 is 9.27. The molecular formula is C13H10BrClFN3O. The summed E-state index contributed by atoms with van der Waals surface area (Å²) in [5.74, 6) is -0.489. The molecule has 0 unspecified atom stereocenters. The Morgan fingerprint density at radius 2 is 2.10 bits per heavy atom. The van der Waals surface area contributed by atoms with Crippen LogP contribution in [-0.2, 0) is 10.3 Å². The molecule has 20 heavy (non-hydrogen) atoms. The number of rotatable bonds is 1. The predicted molar refractivity (Wildman–Crippen MR) is 77.8 cm³/mol. The molecule has 0 spiro atoms. The fraction of sp³-hybridized carbons (Fsp3) is 0.231. The highest BCUT2D eigenvalue weighted by atomic mass is 79.9. The van der Waals surface area contributed by atoms with Crippen molar-refractivity contribution in [3.05, 3.63) is 39.8 Å². The first-order valence-electron chi connectivity index (χ1n) is 5.87. The zero-order chi connectivity index (χ0) is 14.7. The number of nitrogens with zero attached hydrogens (tertiary/aromatic N) is 3. The summed E-state index contributed by atoms with van der Waals surface area (Å²) in [6.07, 6.45) is 3.26. The molecular weight excluding hydrogens is 349 g/mol. The first-order valence-corrected chi connectivity index (χ1v) is 7.04. The molecule has 0 radical (unpaired) electrons. The molecule has 104 valence electrons. The van der Waals surface area contributed by atoms with Crippen molar-refractivity contribution in [2.45, 2.75) is 19.4 Å². The number of halogens is 3. The van der Waals surface area contributed by atoms with Crippen LogP contribution in [-0.4, -0.2) is 15.5 Å². The second kappa shape index (κ2) is 4.30. The number of aromatic nitrogens is 2. The van der Waals surface area contributed by atoms with Crippen molar-refractivity contribution in [3.63, 3.8) is 0 Å². The van der Waals surface area contributed by atoms with E-state index in [2.05, 4.69) is 20.9 Å². The number of anilines is 2. The Hall–Kier alpha value is -1.40. The van der Waals surface area contributed by atoms with Crippen LogP contribution in [0, 0.1) is 5.82 Å². The van der Waals surface area contributed by atoms with E-state index in [1.807, 2.05) is 0 Å². The van der Waals surface area contributed by atoms with E-state index < -0.39 is 11.4 Å². The highest BCUT2D eigenvalue weighted by molar-refractivity contribution is 9.10. The van der Waals surface area contributed by atoms with Crippen molar-refractivity contribution in [3.8, 4) is 0 Å². The summed E-state index contributed by atoms with van der Waals surface area (Å²) in [5, 5.41) is 0.150. The standard InChI is InChI=1S/C13H10BrClFN3O/c1-13(2)11(20)19(12-17-3-4-18(12)13)10-8(15)5-7(14)6-9(10)16/h3-6H,1-2H3. The molecule has 0 saturated carbocycles. The Bertz CT molecular complexity index is 705. The van der Waals surface area contributed by atoms with Crippen molar-refractivity contribution in [2.75, 3.05) is 4.90 Å². The Morgan fingerprint density at radius 1 is 1.40 bits per heavy atom. The van der Waals surface area contributed by atoms with E-state index >= 15 is 0 Å². The second-order valence-corrected chi connectivity index (χ2v) is 6.34. The molecule has 4 nitrogen and oxygen atoms in total. The first kappa shape index (κ1) is 13.6. The monoisotopic (exact) mass is 357 g/mol. The van der Waals surface area contributed by atoms with Crippen LogP contribution in [0.3, 0.4) is 0 Å². The molecule has 0 N–H and O–H groups in total. The summed E-state index contributed by atoms with van der Waals surface area (Å²) in [5.41, 5.74) is -0.799. The van der Waals surface area contributed by atoms with Crippen LogP contribution < -0.4 is 4.90 Å². The smallest absolute Gasteiger partial charge is 0.259 e. The Morgan fingerprint density at radius 3 is 2.75 bits per heavy atom. The molecule has 1 aromatic heterocycles. The van der Waals surface area contributed by atoms with Crippen molar-refractivity contribution >= 4 is 45.1 Å². The number of hydrogen-bond donors (Lipinski definition) is 0. The number of carbonyl (C=O) groups excluding carboxylic acids is 1. The van der Waals surface area contributed by atoms with Gasteiger partial charge in [-0.15, -0.1) is 0 Å². The summed E-state index contributed by atoms with van der Waals surface area (Å²) in [4.78, 5) is 17.9. The van der Waals surface area contributed by atoms with Gasteiger partial charge < -0.3 is 4.57 Å².